The Hall–Kier alpha value is -2.52. The van der Waals surface area contributed by atoms with Crippen LogP contribution in [-0.4, -0.2) is 55.0 Å². The molecule has 1 aromatic carbocycles. The monoisotopic (exact) mass is 471 g/mol. The van der Waals surface area contributed by atoms with Gasteiger partial charge in [-0.2, -0.15) is 4.31 Å². The van der Waals surface area contributed by atoms with E-state index in [9.17, 15) is 22.8 Å². The number of anilines is 1. The summed E-state index contributed by atoms with van der Waals surface area (Å²) in [6.45, 7) is 4.79. The van der Waals surface area contributed by atoms with Gasteiger partial charge in [0.25, 0.3) is 0 Å². The molecule has 2 saturated heterocycles. The Labute approximate surface area is 194 Å². The Kier molecular flexibility index (Phi) is 5.44. The molecule has 0 radical (unpaired) electrons. The van der Waals surface area contributed by atoms with Crippen LogP contribution in [0.25, 0.3) is 0 Å². The highest BCUT2D eigenvalue weighted by molar-refractivity contribution is 7.89. The Balaban J connectivity index is 1.22. The minimum atomic E-state index is -3.60. The van der Waals surface area contributed by atoms with Gasteiger partial charge in [0.2, 0.25) is 27.7 Å². The van der Waals surface area contributed by atoms with Gasteiger partial charge in [-0.1, -0.05) is 26.0 Å². The number of hydrogen-bond donors (Lipinski definition) is 1. The lowest BCUT2D eigenvalue weighted by Crippen LogP contribution is -2.42. The Morgan fingerprint density at radius 1 is 0.939 bits per heavy atom. The molecule has 2 aliphatic carbocycles. The molecule has 5 rings (SSSR count). The number of carbonyl (C=O) groups is 3. The maximum absolute atomic E-state index is 13.0. The van der Waals surface area contributed by atoms with Gasteiger partial charge < -0.3 is 5.32 Å². The van der Waals surface area contributed by atoms with Gasteiger partial charge in [0.05, 0.1) is 16.7 Å². The van der Waals surface area contributed by atoms with Crippen LogP contribution in [0.1, 0.15) is 26.7 Å². The van der Waals surface area contributed by atoms with Gasteiger partial charge in [-0.25, -0.2) is 8.42 Å². The summed E-state index contributed by atoms with van der Waals surface area (Å²) in [5, 5.41) is 2.68. The van der Waals surface area contributed by atoms with Gasteiger partial charge in [-0.05, 0) is 60.8 Å². The van der Waals surface area contributed by atoms with Crippen LogP contribution >= 0.6 is 0 Å². The van der Waals surface area contributed by atoms with Crippen molar-refractivity contribution in [1.82, 2.24) is 9.21 Å². The van der Waals surface area contributed by atoms with Crippen LogP contribution in [0.15, 0.2) is 41.3 Å². The number of imide groups is 1. The Morgan fingerprint density at radius 3 is 2.03 bits per heavy atom. The largest absolute Gasteiger partial charge is 0.325 e. The number of fused-ring (bicyclic) bond motifs is 5. The Morgan fingerprint density at radius 2 is 1.48 bits per heavy atom. The second-order valence-corrected chi connectivity index (χ2v) is 12.0. The lowest BCUT2D eigenvalue weighted by Gasteiger charge is -2.34. The predicted molar refractivity (Wildman–Crippen MR) is 121 cm³/mol. The first-order chi connectivity index (χ1) is 15.6. The molecule has 176 valence electrons. The van der Waals surface area contributed by atoms with E-state index in [0.717, 1.165) is 17.7 Å². The van der Waals surface area contributed by atoms with Crippen LogP contribution in [0.4, 0.5) is 5.69 Å². The smallest absolute Gasteiger partial charge is 0.244 e. The molecule has 0 aromatic heterocycles. The van der Waals surface area contributed by atoms with Crippen molar-refractivity contribution >= 4 is 33.4 Å². The highest BCUT2D eigenvalue weighted by Gasteiger charge is 2.59. The number of rotatable bonds is 5. The number of amides is 3. The Bertz CT molecular complexity index is 1090. The molecule has 1 saturated carbocycles. The van der Waals surface area contributed by atoms with Crippen LogP contribution < -0.4 is 5.32 Å². The molecule has 9 heteroatoms. The first-order valence-electron chi connectivity index (χ1n) is 11.6. The highest BCUT2D eigenvalue weighted by Crippen LogP contribution is 2.52. The minimum absolute atomic E-state index is 0.102. The van der Waals surface area contributed by atoms with E-state index in [0.29, 0.717) is 30.6 Å². The van der Waals surface area contributed by atoms with E-state index in [1.54, 1.807) is 0 Å². The summed E-state index contributed by atoms with van der Waals surface area (Å²) < 4.78 is 27.6. The SMILES string of the molecule is CC1CC(C)CN(S(=O)(=O)c2ccc(NC(=O)CN3C(=O)C4C5C=CC(C5)C4C3=O)cc2)C1. The molecule has 3 amide bonds. The van der Waals surface area contributed by atoms with Crippen LogP contribution in [-0.2, 0) is 24.4 Å². The quantitative estimate of drug-likeness (QED) is 0.523. The number of hydrogen-bond acceptors (Lipinski definition) is 5. The van der Waals surface area contributed by atoms with E-state index in [1.807, 2.05) is 12.2 Å². The summed E-state index contributed by atoms with van der Waals surface area (Å²) in [7, 11) is -3.60. The van der Waals surface area contributed by atoms with Crippen molar-refractivity contribution in [3.8, 4) is 0 Å². The number of sulfonamides is 1. The molecule has 2 heterocycles. The van der Waals surface area contributed by atoms with Gasteiger partial charge in [-0.15, -0.1) is 0 Å². The van der Waals surface area contributed by atoms with Gasteiger partial charge in [-0.3, -0.25) is 19.3 Å². The first kappa shape index (κ1) is 22.3. The third kappa shape index (κ3) is 3.81. The second-order valence-electron chi connectivity index (χ2n) is 10.1. The molecule has 8 nitrogen and oxygen atoms in total. The standard InChI is InChI=1S/C24H29N3O5S/c1-14-9-15(2)12-26(11-14)33(31,32)19-7-5-18(6-8-19)25-20(28)13-27-23(29)21-16-3-4-17(10-16)22(21)24(27)30/h3-8,14-17,21-22H,9-13H2,1-2H3,(H,25,28). The topological polar surface area (TPSA) is 104 Å². The molecule has 1 aromatic rings. The number of piperidine rings is 1. The molecular formula is C24H29N3O5S. The fourth-order valence-electron chi connectivity index (χ4n) is 6.13. The number of carbonyl (C=O) groups excluding carboxylic acids is 3. The van der Waals surface area contributed by atoms with Gasteiger partial charge >= 0.3 is 0 Å². The third-order valence-corrected chi connectivity index (χ3v) is 9.32. The van der Waals surface area contributed by atoms with Crippen molar-refractivity contribution < 1.29 is 22.8 Å². The van der Waals surface area contributed by atoms with E-state index in [4.69, 9.17) is 0 Å². The normalized spacial score (nSPS) is 33.6. The van der Waals surface area contributed by atoms with Crippen molar-refractivity contribution in [3.63, 3.8) is 0 Å². The van der Waals surface area contributed by atoms with E-state index in [1.165, 1.54) is 28.6 Å². The first-order valence-corrected chi connectivity index (χ1v) is 13.0. The van der Waals surface area contributed by atoms with Crippen LogP contribution in [0, 0.1) is 35.5 Å². The molecule has 1 N–H and O–H groups in total. The number of nitrogens with one attached hydrogen (secondary N) is 1. The zero-order valence-corrected chi connectivity index (χ0v) is 19.6. The zero-order valence-electron chi connectivity index (χ0n) is 18.8. The van der Waals surface area contributed by atoms with E-state index in [2.05, 4.69) is 19.2 Å². The molecular weight excluding hydrogens is 442 g/mol. The molecule has 2 bridgehead atoms. The predicted octanol–water partition coefficient (Wildman–Crippen LogP) is 2.10. The van der Waals surface area contributed by atoms with E-state index >= 15 is 0 Å². The molecule has 2 aliphatic heterocycles. The molecule has 4 aliphatic rings. The summed E-state index contributed by atoms with van der Waals surface area (Å²) in [5.74, 6) is -0.838. The van der Waals surface area contributed by atoms with Crippen LogP contribution in [0.5, 0.6) is 0 Å². The van der Waals surface area contributed by atoms with Crippen molar-refractivity contribution in [2.45, 2.75) is 31.6 Å². The van der Waals surface area contributed by atoms with Gasteiger partial charge in [0.15, 0.2) is 0 Å². The average Bonchev–Trinajstić information content (AvgIpc) is 3.44. The molecule has 6 unspecified atom stereocenters. The number of nitrogens with zero attached hydrogens (tertiary/aromatic N) is 2. The summed E-state index contributed by atoms with van der Waals surface area (Å²) in [4.78, 5) is 39.3. The zero-order chi connectivity index (χ0) is 23.5. The van der Waals surface area contributed by atoms with E-state index < -0.39 is 15.9 Å². The second kappa shape index (κ2) is 8.06. The molecule has 6 atom stereocenters. The van der Waals surface area contributed by atoms with Gasteiger partial charge in [0, 0.05) is 18.8 Å². The van der Waals surface area contributed by atoms with Crippen molar-refractivity contribution in [2.24, 2.45) is 35.5 Å². The van der Waals surface area contributed by atoms with Crippen molar-refractivity contribution in [2.75, 3.05) is 25.0 Å². The average molecular weight is 472 g/mol. The van der Waals surface area contributed by atoms with Gasteiger partial charge in [0.1, 0.15) is 6.54 Å². The van der Waals surface area contributed by atoms with Crippen molar-refractivity contribution in [3.05, 3.63) is 36.4 Å². The summed E-state index contributed by atoms with van der Waals surface area (Å²) in [5.41, 5.74) is 0.417. The van der Waals surface area contributed by atoms with Crippen LogP contribution in [0.3, 0.4) is 0 Å². The van der Waals surface area contributed by atoms with Crippen molar-refractivity contribution in [1.29, 1.82) is 0 Å². The lowest BCUT2D eigenvalue weighted by atomic mass is 9.85. The highest BCUT2D eigenvalue weighted by atomic mass is 32.2. The lowest BCUT2D eigenvalue weighted by molar-refractivity contribution is -0.143. The number of benzene rings is 1. The summed E-state index contributed by atoms with van der Waals surface area (Å²) >= 11 is 0. The summed E-state index contributed by atoms with van der Waals surface area (Å²) in [6, 6.07) is 6.03. The maximum Gasteiger partial charge on any atom is 0.244 e. The fourth-order valence-corrected chi connectivity index (χ4v) is 7.80. The molecule has 3 fully saturated rings. The van der Waals surface area contributed by atoms with Crippen LogP contribution in [0.2, 0.25) is 0 Å². The van der Waals surface area contributed by atoms with E-state index in [-0.39, 0.29) is 46.9 Å². The number of likely N-dealkylation sites (tertiary alicyclic amines) is 1. The molecule has 33 heavy (non-hydrogen) atoms. The molecule has 0 spiro atoms. The number of allylic oxidation sites excluding steroid dienone is 2. The maximum atomic E-state index is 13.0. The fraction of sp³-hybridized carbons (Fsp3) is 0.542. The third-order valence-electron chi connectivity index (χ3n) is 7.47. The summed E-state index contributed by atoms with van der Waals surface area (Å²) in [6.07, 6.45) is 5.89. The minimum Gasteiger partial charge on any atom is -0.325 e.